The van der Waals surface area contributed by atoms with Crippen LogP contribution in [0.4, 0.5) is 11.6 Å². The maximum Gasteiger partial charge on any atom is 0.141 e. The number of hydrogen-bond donors (Lipinski definition) is 0. The number of pyridine rings is 1. The van der Waals surface area contributed by atoms with Crippen molar-refractivity contribution in [1.29, 1.82) is 0 Å². The van der Waals surface area contributed by atoms with E-state index in [0.29, 0.717) is 0 Å². The molecule has 0 spiro atoms. The molecule has 134 valence electrons. The number of aromatic nitrogens is 3. The van der Waals surface area contributed by atoms with E-state index in [9.17, 15) is 0 Å². The van der Waals surface area contributed by atoms with Crippen LogP contribution in [0.15, 0.2) is 66.4 Å². The molecule has 1 aromatic carbocycles. The molecule has 0 atom stereocenters. The number of anilines is 2. The largest absolute Gasteiger partial charge is 0.353 e. The molecule has 4 aromatic rings. The fourth-order valence-electron chi connectivity index (χ4n) is 3.62. The third kappa shape index (κ3) is 3.02. The second-order valence-corrected chi connectivity index (χ2v) is 7.41. The summed E-state index contributed by atoms with van der Waals surface area (Å²) in [5.41, 5.74) is 2.44. The molecule has 0 saturated carbocycles. The highest BCUT2D eigenvalue weighted by molar-refractivity contribution is 7.17. The highest BCUT2D eigenvalue weighted by Gasteiger charge is 2.22. The lowest BCUT2D eigenvalue weighted by atomic mass is 10.1. The van der Waals surface area contributed by atoms with E-state index >= 15 is 0 Å². The van der Waals surface area contributed by atoms with Crippen LogP contribution in [0.1, 0.15) is 0 Å². The van der Waals surface area contributed by atoms with Crippen molar-refractivity contribution in [3.8, 4) is 11.1 Å². The third-order valence-electron chi connectivity index (χ3n) is 4.99. The van der Waals surface area contributed by atoms with E-state index in [-0.39, 0.29) is 0 Å². The van der Waals surface area contributed by atoms with E-state index in [2.05, 4.69) is 60.5 Å². The molecule has 1 aliphatic heterocycles. The van der Waals surface area contributed by atoms with Gasteiger partial charge in [0.1, 0.15) is 22.8 Å². The van der Waals surface area contributed by atoms with Gasteiger partial charge in [-0.2, -0.15) is 0 Å². The summed E-state index contributed by atoms with van der Waals surface area (Å²) in [5.74, 6) is 2.09. The van der Waals surface area contributed by atoms with E-state index in [0.717, 1.165) is 42.6 Å². The molecule has 0 N–H and O–H groups in total. The molecular formula is C21H19N5S. The van der Waals surface area contributed by atoms with Crippen molar-refractivity contribution in [3.63, 3.8) is 0 Å². The summed E-state index contributed by atoms with van der Waals surface area (Å²) >= 11 is 1.69. The van der Waals surface area contributed by atoms with Gasteiger partial charge >= 0.3 is 0 Å². The fourth-order valence-corrected chi connectivity index (χ4v) is 4.53. The first-order chi connectivity index (χ1) is 13.4. The summed E-state index contributed by atoms with van der Waals surface area (Å²) in [4.78, 5) is 19.4. The van der Waals surface area contributed by atoms with Gasteiger partial charge in [-0.25, -0.2) is 15.0 Å². The summed E-state index contributed by atoms with van der Waals surface area (Å²) in [6.45, 7) is 3.72. The quantitative estimate of drug-likeness (QED) is 0.541. The molecule has 0 amide bonds. The predicted octanol–water partition coefficient (Wildman–Crippen LogP) is 4.08. The predicted molar refractivity (Wildman–Crippen MR) is 112 cm³/mol. The van der Waals surface area contributed by atoms with Crippen molar-refractivity contribution in [2.24, 2.45) is 0 Å². The maximum atomic E-state index is 4.67. The Morgan fingerprint density at radius 2 is 1.56 bits per heavy atom. The van der Waals surface area contributed by atoms with Crippen LogP contribution in [0.25, 0.3) is 21.3 Å². The lowest BCUT2D eigenvalue weighted by Crippen LogP contribution is -2.47. The van der Waals surface area contributed by atoms with Crippen molar-refractivity contribution < 1.29 is 0 Å². The Hall–Kier alpha value is -2.99. The van der Waals surface area contributed by atoms with Crippen LogP contribution in [0.2, 0.25) is 0 Å². The minimum Gasteiger partial charge on any atom is -0.353 e. The summed E-state index contributed by atoms with van der Waals surface area (Å²) in [6, 6.07) is 16.6. The van der Waals surface area contributed by atoms with Crippen molar-refractivity contribution >= 4 is 33.2 Å². The standard InChI is InChI=1S/C21H19N5S/c1-2-6-16(7-3-1)17-14-27-21-19(17)20(23-15-24-21)26-12-10-25(11-13-26)18-8-4-5-9-22-18/h1-9,14-15H,10-13H2. The molecule has 27 heavy (non-hydrogen) atoms. The number of thiophene rings is 1. The molecule has 0 unspecified atom stereocenters. The average molecular weight is 373 g/mol. The van der Waals surface area contributed by atoms with E-state index in [1.807, 2.05) is 24.4 Å². The lowest BCUT2D eigenvalue weighted by molar-refractivity contribution is 0.643. The second-order valence-electron chi connectivity index (χ2n) is 6.55. The van der Waals surface area contributed by atoms with E-state index < -0.39 is 0 Å². The third-order valence-corrected chi connectivity index (χ3v) is 5.87. The van der Waals surface area contributed by atoms with Crippen LogP contribution in [0, 0.1) is 0 Å². The minimum atomic E-state index is 0.923. The highest BCUT2D eigenvalue weighted by Crippen LogP contribution is 2.38. The van der Waals surface area contributed by atoms with Crippen molar-refractivity contribution in [3.05, 3.63) is 66.4 Å². The molecule has 1 fully saturated rings. The molecule has 0 bridgehead atoms. The topological polar surface area (TPSA) is 45.2 Å². The zero-order valence-corrected chi connectivity index (χ0v) is 15.6. The van der Waals surface area contributed by atoms with Crippen molar-refractivity contribution in [2.45, 2.75) is 0 Å². The van der Waals surface area contributed by atoms with Gasteiger partial charge in [-0.15, -0.1) is 11.3 Å². The van der Waals surface area contributed by atoms with Gasteiger partial charge in [-0.3, -0.25) is 0 Å². The zero-order chi connectivity index (χ0) is 18.1. The Bertz CT molecular complexity index is 1040. The maximum absolute atomic E-state index is 4.67. The van der Waals surface area contributed by atoms with Crippen LogP contribution >= 0.6 is 11.3 Å². The normalized spacial score (nSPS) is 14.7. The van der Waals surface area contributed by atoms with Crippen molar-refractivity contribution in [2.75, 3.05) is 36.0 Å². The van der Waals surface area contributed by atoms with Crippen molar-refractivity contribution in [1.82, 2.24) is 15.0 Å². The van der Waals surface area contributed by atoms with E-state index in [4.69, 9.17) is 0 Å². The molecule has 5 rings (SSSR count). The number of rotatable bonds is 3. The van der Waals surface area contributed by atoms with Gasteiger partial charge in [0.25, 0.3) is 0 Å². The Kier molecular flexibility index (Phi) is 4.18. The van der Waals surface area contributed by atoms with Gasteiger partial charge in [-0.1, -0.05) is 36.4 Å². The number of benzene rings is 1. The summed E-state index contributed by atoms with van der Waals surface area (Å²) in [5, 5.41) is 3.36. The number of hydrogen-bond acceptors (Lipinski definition) is 6. The summed E-state index contributed by atoms with van der Waals surface area (Å²) in [7, 11) is 0. The summed E-state index contributed by atoms with van der Waals surface area (Å²) in [6.07, 6.45) is 3.54. The van der Waals surface area contributed by atoms with Gasteiger partial charge in [0.15, 0.2) is 0 Å². The Labute approximate surface area is 162 Å². The molecule has 6 heteroatoms. The zero-order valence-electron chi connectivity index (χ0n) is 14.8. The van der Waals surface area contributed by atoms with Gasteiger partial charge < -0.3 is 9.80 Å². The van der Waals surface area contributed by atoms with E-state index in [1.165, 1.54) is 16.5 Å². The first-order valence-corrected chi connectivity index (χ1v) is 9.97. The van der Waals surface area contributed by atoms with Crippen LogP contribution < -0.4 is 9.80 Å². The monoisotopic (exact) mass is 373 g/mol. The van der Waals surface area contributed by atoms with Crippen LogP contribution in [-0.4, -0.2) is 41.1 Å². The first-order valence-electron chi connectivity index (χ1n) is 9.09. The smallest absolute Gasteiger partial charge is 0.141 e. The number of fused-ring (bicyclic) bond motifs is 1. The molecule has 0 radical (unpaired) electrons. The summed E-state index contributed by atoms with van der Waals surface area (Å²) < 4.78 is 0. The molecule has 1 aliphatic rings. The van der Waals surface area contributed by atoms with E-state index in [1.54, 1.807) is 17.7 Å². The second kappa shape index (κ2) is 6.96. The average Bonchev–Trinajstić information content (AvgIpc) is 3.20. The lowest BCUT2D eigenvalue weighted by Gasteiger charge is -2.36. The van der Waals surface area contributed by atoms with Gasteiger partial charge in [0, 0.05) is 43.3 Å². The van der Waals surface area contributed by atoms with Crippen LogP contribution in [-0.2, 0) is 0 Å². The molecule has 3 aromatic heterocycles. The number of nitrogens with zero attached hydrogens (tertiary/aromatic N) is 5. The number of piperazine rings is 1. The molecular weight excluding hydrogens is 354 g/mol. The Balaban J connectivity index is 1.47. The first kappa shape index (κ1) is 16.2. The Morgan fingerprint density at radius 1 is 0.778 bits per heavy atom. The molecule has 0 aliphatic carbocycles. The molecule has 4 heterocycles. The molecule has 5 nitrogen and oxygen atoms in total. The minimum absolute atomic E-state index is 0.923. The van der Waals surface area contributed by atoms with Gasteiger partial charge in [0.2, 0.25) is 0 Å². The van der Waals surface area contributed by atoms with Crippen LogP contribution in [0.5, 0.6) is 0 Å². The van der Waals surface area contributed by atoms with Gasteiger partial charge in [0.05, 0.1) is 5.39 Å². The highest BCUT2D eigenvalue weighted by atomic mass is 32.1. The molecule has 1 saturated heterocycles. The SMILES string of the molecule is c1ccc(-c2csc3ncnc(N4CCN(c5ccccn5)CC4)c23)cc1. The van der Waals surface area contributed by atoms with Gasteiger partial charge in [-0.05, 0) is 17.7 Å². The Morgan fingerprint density at radius 3 is 2.33 bits per heavy atom. The van der Waals surface area contributed by atoms with Crippen LogP contribution in [0.3, 0.4) is 0 Å². The fraction of sp³-hybridized carbons (Fsp3) is 0.190.